The molecule has 0 aromatic rings. The summed E-state index contributed by atoms with van der Waals surface area (Å²) < 4.78 is 0. The highest BCUT2D eigenvalue weighted by atomic mass is 16.1. The zero-order chi connectivity index (χ0) is 8.18. The Labute approximate surface area is 72.8 Å². The quantitative estimate of drug-likeness (QED) is 0.534. The van der Waals surface area contributed by atoms with Crippen LogP contribution in [0.25, 0.3) is 0 Å². The summed E-state index contributed by atoms with van der Waals surface area (Å²) in [6.07, 6.45) is 9.42. The molecule has 12 heavy (non-hydrogen) atoms. The third kappa shape index (κ3) is 0.634. The van der Waals surface area contributed by atoms with E-state index in [4.69, 9.17) is 0 Å². The van der Waals surface area contributed by atoms with E-state index >= 15 is 0 Å². The van der Waals surface area contributed by atoms with Gasteiger partial charge < -0.3 is 0 Å². The van der Waals surface area contributed by atoms with Crippen molar-refractivity contribution in [3.05, 3.63) is 11.6 Å². The number of rotatable bonds is 0. The minimum Gasteiger partial charge on any atom is -0.295 e. The largest absolute Gasteiger partial charge is 0.295 e. The molecule has 0 aliphatic heterocycles. The van der Waals surface area contributed by atoms with Gasteiger partial charge in [0.05, 0.1) is 0 Å². The Morgan fingerprint density at radius 2 is 2.33 bits per heavy atom. The maximum atomic E-state index is 11.3. The Balaban J connectivity index is 2.08. The second-order valence-electron chi connectivity index (χ2n) is 4.60. The zero-order valence-corrected chi connectivity index (χ0v) is 7.31. The maximum Gasteiger partial charge on any atom is 0.156 e. The number of carbonyl (C=O) groups is 1. The molecule has 3 aliphatic rings. The molecule has 1 nitrogen and oxygen atoms in total. The lowest BCUT2D eigenvalue weighted by Crippen LogP contribution is -2.19. The van der Waals surface area contributed by atoms with Crippen molar-refractivity contribution in [1.82, 2.24) is 0 Å². The van der Waals surface area contributed by atoms with Gasteiger partial charge in [0.25, 0.3) is 0 Å². The van der Waals surface area contributed by atoms with Crippen molar-refractivity contribution in [2.45, 2.75) is 38.5 Å². The second kappa shape index (κ2) is 2.01. The summed E-state index contributed by atoms with van der Waals surface area (Å²) in [5.74, 6) is 1.27. The molecule has 0 N–H and O–H groups in total. The van der Waals surface area contributed by atoms with Crippen LogP contribution in [0.15, 0.2) is 11.6 Å². The van der Waals surface area contributed by atoms with E-state index in [-0.39, 0.29) is 0 Å². The van der Waals surface area contributed by atoms with E-state index in [1.54, 1.807) is 0 Å². The predicted molar refractivity (Wildman–Crippen MR) is 46.7 cm³/mol. The first kappa shape index (κ1) is 6.88. The number of ketones is 1. The van der Waals surface area contributed by atoms with Crippen molar-refractivity contribution in [3.8, 4) is 0 Å². The first-order valence-corrected chi connectivity index (χ1v) is 5.05. The Morgan fingerprint density at radius 1 is 1.42 bits per heavy atom. The van der Waals surface area contributed by atoms with E-state index in [2.05, 4.69) is 0 Å². The molecule has 2 saturated carbocycles. The van der Waals surface area contributed by atoms with E-state index in [0.717, 1.165) is 12.3 Å². The van der Waals surface area contributed by atoms with Crippen LogP contribution < -0.4 is 0 Å². The van der Waals surface area contributed by atoms with Crippen molar-refractivity contribution in [2.24, 2.45) is 11.3 Å². The highest BCUT2D eigenvalue weighted by molar-refractivity contribution is 5.94. The SMILES string of the molecule is O=C1C=C2CCC3CCCC23C1. The van der Waals surface area contributed by atoms with Gasteiger partial charge in [-0.15, -0.1) is 0 Å². The molecule has 64 valence electrons. The van der Waals surface area contributed by atoms with E-state index in [1.165, 1.54) is 37.7 Å². The second-order valence-corrected chi connectivity index (χ2v) is 4.60. The van der Waals surface area contributed by atoms with Crippen molar-refractivity contribution in [2.75, 3.05) is 0 Å². The monoisotopic (exact) mass is 162 g/mol. The first-order chi connectivity index (χ1) is 5.81. The molecule has 0 aromatic carbocycles. The Kier molecular flexibility index (Phi) is 1.15. The van der Waals surface area contributed by atoms with Gasteiger partial charge in [0.1, 0.15) is 0 Å². The van der Waals surface area contributed by atoms with Gasteiger partial charge in [-0.05, 0) is 37.7 Å². The van der Waals surface area contributed by atoms with Gasteiger partial charge in [-0.2, -0.15) is 0 Å². The molecule has 3 rings (SSSR count). The fourth-order valence-electron chi connectivity index (χ4n) is 3.68. The lowest BCUT2D eigenvalue weighted by molar-refractivity contribution is -0.115. The topological polar surface area (TPSA) is 17.1 Å². The third-order valence-electron chi connectivity index (χ3n) is 4.18. The van der Waals surface area contributed by atoms with Crippen LogP contribution >= 0.6 is 0 Å². The van der Waals surface area contributed by atoms with Gasteiger partial charge in [-0.3, -0.25) is 4.79 Å². The van der Waals surface area contributed by atoms with Crippen LogP contribution in [0.4, 0.5) is 0 Å². The smallest absolute Gasteiger partial charge is 0.156 e. The van der Waals surface area contributed by atoms with Crippen LogP contribution in [-0.2, 0) is 4.79 Å². The molecule has 0 radical (unpaired) electrons. The van der Waals surface area contributed by atoms with Crippen molar-refractivity contribution < 1.29 is 4.79 Å². The number of allylic oxidation sites excluding steroid dienone is 2. The highest BCUT2D eigenvalue weighted by Gasteiger charge is 2.52. The van der Waals surface area contributed by atoms with Crippen LogP contribution in [0.5, 0.6) is 0 Å². The molecule has 0 heterocycles. The fourth-order valence-corrected chi connectivity index (χ4v) is 3.68. The minimum atomic E-state index is 0.400. The zero-order valence-electron chi connectivity index (χ0n) is 7.31. The van der Waals surface area contributed by atoms with Gasteiger partial charge in [0, 0.05) is 11.8 Å². The van der Waals surface area contributed by atoms with Gasteiger partial charge in [0.15, 0.2) is 5.78 Å². The van der Waals surface area contributed by atoms with Gasteiger partial charge >= 0.3 is 0 Å². The molecule has 3 aliphatic carbocycles. The molecule has 2 fully saturated rings. The van der Waals surface area contributed by atoms with Crippen LogP contribution in [0.2, 0.25) is 0 Å². The third-order valence-corrected chi connectivity index (χ3v) is 4.18. The average Bonchev–Trinajstić information content (AvgIpc) is 2.57. The minimum absolute atomic E-state index is 0.400. The van der Waals surface area contributed by atoms with E-state index < -0.39 is 0 Å². The fraction of sp³-hybridized carbons (Fsp3) is 0.727. The lowest BCUT2D eigenvalue weighted by atomic mass is 9.78. The summed E-state index contributed by atoms with van der Waals surface area (Å²) in [7, 11) is 0. The molecule has 2 atom stereocenters. The molecule has 2 unspecified atom stereocenters. The van der Waals surface area contributed by atoms with E-state index in [9.17, 15) is 4.79 Å². The van der Waals surface area contributed by atoms with Crippen LogP contribution in [0.1, 0.15) is 38.5 Å². The Morgan fingerprint density at radius 3 is 3.25 bits per heavy atom. The number of hydrogen-bond acceptors (Lipinski definition) is 1. The molecule has 0 bridgehead atoms. The van der Waals surface area contributed by atoms with Crippen LogP contribution in [0.3, 0.4) is 0 Å². The summed E-state index contributed by atoms with van der Waals surface area (Å²) in [4.78, 5) is 11.3. The molecule has 0 aromatic heterocycles. The molecule has 1 spiro atoms. The summed E-state index contributed by atoms with van der Waals surface area (Å²) in [5, 5.41) is 0. The van der Waals surface area contributed by atoms with Crippen LogP contribution in [0, 0.1) is 11.3 Å². The molecular weight excluding hydrogens is 148 g/mol. The van der Waals surface area contributed by atoms with Gasteiger partial charge in [-0.25, -0.2) is 0 Å². The first-order valence-electron chi connectivity index (χ1n) is 5.05. The average molecular weight is 162 g/mol. The van der Waals surface area contributed by atoms with Crippen LogP contribution in [-0.4, -0.2) is 5.78 Å². The number of hydrogen-bond donors (Lipinski definition) is 0. The molecular formula is C11H14O. The predicted octanol–water partition coefficient (Wildman–Crippen LogP) is 2.47. The van der Waals surface area contributed by atoms with Gasteiger partial charge in [0.2, 0.25) is 0 Å². The van der Waals surface area contributed by atoms with Crippen molar-refractivity contribution >= 4 is 5.78 Å². The maximum absolute atomic E-state index is 11.3. The van der Waals surface area contributed by atoms with E-state index in [0.29, 0.717) is 11.2 Å². The normalized spacial score (nSPS) is 44.5. The molecule has 1 heteroatoms. The van der Waals surface area contributed by atoms with E-state index in [1.807, 2.05) is 6.08 Å². The molecule has 0 saturated heterocycles. The van der Waals surface area contributed by atoms with Crippen molar-refractivity contribution in [3.63, 3.8) is 0 Å². The summed E-state index contributed by atoms with van der Waals surface area (Å²) >= 11 is 0. The van der Waals surface area contributed by atoms with Crippen molar-refractivity contribution in [1.29, 1.82) is 0 Å². The standard InChI is InChI=1S/C11H14O/c12-10-6-9-4-3-8-2-1-5-11(8,9)7-10/h6,8H,1-5,7H2. The summed E-state index contributed by atoms with van der Waals surface area (Å²) in [6.45, 7) is 0. The Bertz CT molecular complexity index is 277. The number of carbonyl (C=O) groups excluding carboxylic acids is 1. The summed E-state index contributed by atoms with van der Waals surface area (Å²) in [5.41, 5.74) is 1.91. The van der Waals surface area contributed by atoms with Gasteiger partial charge in [-0.1, -0.05) is 12.0 Å². The highest BCUT2D eigenvalue weighted by Crippen LogP contribution is 2.61. The molecule has 0 amide bonds. The lowest BCUT2D eigenvalue weighted by Gasteiger charge is -2.25. The Hall–Kier alpha value is -0.590. The summed E-state index contributed by atoms with van der Waals surface area (Å²) in [6, 6.07) is 0.